The zero-order valence-corrected chi connectivity index (χ0v) is 9.58. The molecule has 0 saturated heterocycles. The van der Waals surface area contributed by atoms with E-state index in [1.54, 1.807) is 0 Å². The highest BCUT2D eigenvalue weighted by atomic mass is 16.2. The third-order valence-corrected chi connectivity index (χ3v) is 3.46. The molecule has 0 bridgehead atoms. The zero-order chi connectivity index (χ0) is 15.4. The van der Waals surface area contributed by atoms with E-state index in [0.29, 0.717) is 30.5 Å². The van der Waals surface area contributed by atoms with Crippen molar-refractivity contribution < 1.29 is 5.48 Å². The van der Waals surface area contributed by atoms with Crippen molar-refractivity contribution in [1.29, 1.82) is 0 Å². The Hall–Kier alpha value is -1.32. The predicted molar refractivity (Wildman–Crippen MR) is 65.5 cm³/mol. The number of hydrogen-bond donors (Lipinski definition) is 1. The summed E-state index contributed by atoms with van der Waals surface area (Å²) in [6.07, 6.45) is -1.12. The summed E-state index contributed by atoms with van der Waals surface area (Å²) in [4.78, 5) is 27.5. The first-order chi connectivity index (χ1) is 9.74. The second-order valence-corrected chi connectivity index (χ2v) is 4.58. The van der Waals surface area contributed by atoms with Crippen molar-refractivity contribution >= 4 is 0 Å². The van der Waals surface area contributed by atoms with Gasteiger partial charge in [-0.3, -0.25) is 9.36 Å². The van der Waals surface area contributed by atoms with E-state index < -0.39 is 30.0 Å². The molecule has 17 heavy (non-hydrogen) atoms. The summed E-state index contributed by atoms with van der Waals surface area (Å²) in [6.45, 7) is 0. The molecule has 0 atom stereocenters. The average molecular weight is 238 g/mol. The van der Waals surface area contributed by atoms with Gasteiger partial charge in [0.05, 0.1) is 0 Å². The molecule has 4 heteroatoms. The van der Waals surface area contributed by atoms with Crippen LogP contribution in [0.5, 0.6) is 0 Å². The van der Waals surface area contributed by atoms with Gasteiger partial charge in [-0.15, -0.1) is 0 Å². The van der Waals surface area contributed by atoms with Crippen LogP contribution in [0.4, 0.5) is 0 Å². The summed E-state index contributed by atoms with van der Waals surface area (Å²) >= 11 is 0. The monoisotopic (exact) mass is 238 g/mol. The summed E-state index contributed by atoms with van der Waals surface area (Å²) in [6, 6.07) is -1.37. The minimum Gasteiger partial charge on any atom is -0.311 e. The Morgan fingerprint density at radius 1 is 1.12 bits per heavy atom. The zero-order valence-electron chi connectivity index (χ0n) is 13.6. The van der Waals surface area contributed by atoms with Crippen molar-refractivity contribution in [2.24, 2.45) is 0 Å². The van der Waals surface area contributed by atoms with Gasteiger partial charge in [0, 0.05) is 22.8 Å². The molecule has 0 aliphatic heterocycles. The lowest BCUT2D eigenvalue weighted by Crippen LogP contribution is -2.40. The van der Waals surface area contributed by atoms with Gasteiger partial charge < -0.3 is 4.98 Å². The van der Waals surface area contributed by atoms with Crippen molar-refractivity contribution in [3.63, 3.8) is 0 Å². The van der Waals surface area contributed by atoms with Gasteiger partial charge in [0.15, 0.2) is 0 Å². The third kappa shape index (κ3) is 1.75. The molecule has 1 heterocycles. The van der Waals surface area contributed by atoms with Gasteiger partial charge in [-0.05, 0) is 32.0 Å². The molecule has 0 amide bonds. The maximum Gasteiger partial charge on any atom is 0.328 e. The summed E-state index contributed by atoms with van der Waals surface area (Å²) in [5, 5.41) is 0. The smallest absolute Gasteiger partial charge is 0.311 e. The summed E-state index contributed by atoms with van der Waals surface area (Å²) in [5.74, 6) is 0. The van der Waals surface area contributed by atoms with Crippen molar-refractivity contribution in [1.82, 2.24) is 9.55 Å². The molecule has 0 unspecified atom stereocenters. The van der Waals surface area contributed by atoms with E-state index in [0.717, 1.165) is 11.0 Å². The first-order valence-electron chi connectivity index (χ1n) is 8.11. The van der Waals surface area contributed by atoms with Crippen molar-refractivity contribution in [2.75, 3.05) is 0 Å². The van der Waals surface area contributed by atoms with E-state index in [9.17, 15) is 9.59 Å². The number of nitrogens with zero attached hydrogens (tertiary/aromatic N) is 1. The SMILES string of the molecule is [2H]C1([2H])CCCC([2H])([2H])C1n1c(=O)[nH]c2c(c1=O)CCC2. The first kappa shape index (κ1) is 7.19. The van der Waals surface area contributed by atoms with Gasteiger partial charge in [0.1, 0.15) is 0 Å². The molecule has 0 radical (unpaired) electrons. The number of rotatable bonds is 1. The maximum atomic E-state index is 12.6. The van der Waals surface area contributed by atoms with E-state index in [4.69, 9.17) is 5.48 Å². The van der Waals surface area contributed by atoms with Gasteiger partial charge in [-0.25, -0.2) is 4.79 Å². The number of H-pyrrole nitrogens is 1. The van der Waals surface area contributed by atoms with Gasteiger partial charge in [-0.1, -0.05) is 19.3 Å². The molecule has 1 saturated carbocycles. The Labute approximate surface area is 105 Å². The van der Waals surface area contributed by atoms with E-state index in [1.165, 1.54) is 0 Å². The molecule has 1 aromatic rings. The molecular weight excluding hydrogens is 216 g/mol. The fourth-order valence-corrected chi connectivity index (χ4v) is 2.60. The summed E-state index contributed by atoms with van der Waals surface area (Å²) in [5.41, 5.74) is -0.0869. The maximum absolute atomic E-state index is 12.6. The minimum atomic E-state index is -1.91. The molecule has 2 aliphatic carbocycles. The van der Waals surface area contributed by atoms with Gasteiger partial charge in [0.25, 0.3) is 5.56 Å². The molecule has 1 N–H and O–H groups in total. The van der Waals surface area contributed by atoms with Crippen LogP contribution in [0.2, 0.25) is 0 Å². The van der Waals surface area contributed by atoms with E-state index in [-0.39, 0.29) is 12.8 Å². The fourth-order valence-electron chi connectivity index (χ4n) is 2.60. The number of hydrogen-bond acceptors (Lipinski definition) is 2. The third-order valence-electron chi connectivity index (χ3n) is 3.46. The molecule has 3 rings (SSSR count). The van der Waals surface area contributed by atoms with Crippen LogP contribution in [0.1, 0.15) is 61.2 Å². The fraction of sp³-hybridized carbons (Fsp3) is 0.692. The second kappa shape index (κ2) is 4.17. The van der Waals surface area contributed by atoms with Crippen LogP contribution in [0.15, 0.2) is 9.59 Å². The Morgan fingerprint density at radius 2 is 1.88 bits per heavy atom. The molecule has 1 aromatic heterocycles. The lowest BCUT2D eigenvalue weighted by Gasteiger charge is -2.23. The number of aromatic amines is 1. The van der Waals surface area contributed by atoms with Crippen LogP contribution in [0.3, 0.4) is 0 Å². The molecule has 0 aromatic carbocycles. The number of aryl methyl sites for hydroxylation is 1. The second-order valence-electron chi connectivity index (χ2n) is 4.58. The topological polar surface area (TPSA) is 54.9 Å². The lowest BCUT2D eigenvalue weighted by atomic mass is 9.95. The standard InChI is InChI=1S/C13H18N2O2/c16-12-10-7-4-8-11(10)14-13(17)15(12)9-5-2-1-3-6-9/h9H,1-8H2,(H,14,17)/i5D2,6D2. The predicted octanol–water partition coefficient (Wildman–Crippen LogP) is 1.53. The Kier molecular flexibility index (Phi) is 1.76. The van der Waals surface area contributed by atoms with Crippen molar-refractivity contribution in [3.05, 3.63) is 32.1 Å². The molecule has 4 nitrogen and oxygen atoms in total. The molecule has 0 spiro atoms. The van der Waals surface area contributed by atoms with Crippen LogP contribution in [0, 0.1) is 0 Å². The molecule has 92 valence electrons. The highest BCUT2D eigenvalue weighted by Crippen LogP contribution is 2.26. The molecule has 1 fully saturated rings. The van der Waals surface area contributed by atoms with Crippen LogP contribution in [0.25, 0.3) is 0 Å². The van der Waals surface area contributed by atoms with Crippen LogP contribution in [-0.4, -0.2) is 9.55 Å². The number of fused-ring (bicyclic) bond motifs is 1. The quantitative estimate of drug-likeness (QED) is 0.806. The number of aromatic nitrogens is 2. The average Bonchev–Trinajstić information content (AvgIpc) is 2.79. The Balaban J connectivity index is 2.24. The molecular formula is C13H18N2O2. The Morgan fingerprint density at radius 3 is 2.65 bits per heavy atom. The summed E-state index contributed by atoms with van der Waals surface area (Å²) < 4.78 is 33.1. The summed E-state index contributed by atoms with van der Waals surface area (Å²) in [7, 11) is 0. The van der Waals surface area contributed by atoms with Gasteiger partial charge in [0.2, 0.25) is 0 Å². The largest absolute Gasteiger partial charge is 0.328 e. The van der Waals surface area contributed by atoms with Crippen molar-refractivity contribution in [3.8, 4) is 0 Å². The highest BCUT2D eigenvalue weighted by molar-refractivity contribution is 5.22. The normalized spacial score (nSPS) is 29.9. The molecule has 2 aliphatic rings. The minimum absolute atomic E-state index is 0.153. The van der Waals surface area contributed by atoms with E-state index in [2.05, 4.69) is 4.98 Å². The van der Waals surface area contributed by atoms with Crippen LogP contribution < -0.4 is 11.2 Å². The Bertz CT molecular complexity index is 676. The van der Waals surface area contributed by atoms with Crippen LogP contribution in [-0.2, 0) is 12.8 Å². The van der Waals surface area contributed by atoms with Crippen molar-refractivity contribution in [2.45, 2.75) is 57.3 Å². The lowest BCUT2D eigenvalue weighted by molar-refractivity contribution is 0.335. The highest BCUT2D eigenvalue weighted by Gasteiger charge is 2.23. The van der Waals surface area contributed by atoms with Gasteiger partial charge >= 0.3 is 5.69 Å². The van der Waals surface area contributed by atoms with E-state index >= 15 is 0 Å². The van der Waals surface area contributed by atoms with Gasteiger partial charge in [-0.2, -0.15) is 0 Å². The van der Waals surface area contributed by atoms with Crippen LogP contribution >= 0.6 is 0 Å². The van der Waals surface area contributed by atoms with E-state index in [1.807, 2.05) is 0 Å². The first-order valence-corrected chi connectivity index (χ1v) is 6.11. The number of nitrogens with one attached hydrogen (secondary N) is 1.